The quantitative estimate of drug-likeness (QED) is 0.0215. The number of rotatable bonds is 63. The minimum absolute atomic E-state index is 0.260. The Balaban J connectivity index is 2.20. The summed E-state index contributed by atoms with van der Waals surface area (Å²) in [5, 5.41) is 76.5. The zero-order valence-corrected chi connectivity index (χ0v) is 53.3. The van der Waals surface area contributed by atoms with Crippen LogP contribution in [0.4, 0.5) is 0 Å². The first kappa shape index (κ1) is 77.9. The lowest BCUT2D eigenvalue weighted by Crippen LogP contribution is -2.60. The fraction of sp³-hybridized carbons (Fsp3) is 0.957. The average Bonchev–Trinajstić information content (AvgIpc) is 3.49. The number of allylic oxidation sites excluding steroid dienone is 2. The number of hydrogen-bond acceptors (Lipinski definition) is 10. The lowest BCUT2D eigenvalue weighted by molar-refractivity contribution is -0.303. The molecular weight excluding hydrogens is 1010 g/mol. The van der Waals surface area contributed by atoms with Gasteiger partial charge in [-0.3, -0.25) is 4.79 Å². The van der Waals surface area contributed by atoms with E-state index in [1.807, 2.05) is 0 Å². The van der Waals surface area contributed by atoms with Crippen molar-refractivity contribution in [2.24, 2.45) is 0 Å². The van der Waals surface area contributed by atoms with E-state index in [2.05, 4.69) is 31.3 Å². The molecule has 8 N–H and O–H groups in total. The number of ether oxygens (including phenoxy) is 2. The number of aliphatic hydroxyl groups excluding tert-OH is 7. The van der Waals surface area contributed by atoms with E-state index in [1.54, 1.807) is 0 Å². The molecule has 11 heteroatoms. The molecule has 1 saturated heterocycles. The first-order valence-electron chi connectivity index (χ1n) is 35.6. The lowest BCUT2D eigenvalue weighted by Gasteiger charge is -2.40. The van der Waals surface area contributed by atoms with Gasteiger partial charge in [-0.05, 0) is 38.5 Å². The van der Waals surface area contributed by atoms with Crippen LogP contribution in [0, 0.1) is 0 Å². The Hall–Kier alpha value is -1.15. The average molecular weight is 1150 g/mol. The van der Waals surface area contributed by atoms with Crippen molar-refractivity contribution >= 4 is 5.91 Å². The predicted octanol–water partition coefficient (Wildman–Crippen LogP) is 17.0. The van der Waals surface area contributed by atoms with Gasteiger partial charge < -0.3 is 50.5 Å². The number of aliphatic hydroxyl groups is 7. The summed E-state index contributed by atoms with van der Waals surface area (Å²) in [6.07, 6.45) is 61.6. The molecule has 1 rings (SSSR count). The molecule has 0 saturated carbocycles. The highest BCUT2D eigenvalue weighted by molar-refractivity contribution is 5.80. The van der Waals surface area contributed by atoms with Gasteiger partial charge in [0.1, 0.15) is 36.6 Å². The Labute approximate surface area is 500 Å². The van der Waals surface area contributed by atoms with Gasteiger partial charge in [0, 0.05) is 0 Å². The number of carbonyl (C=O) groups excluding carboxylic acids is 1. The maximum absolute atomic E-state index is 13.2. The Kier molecular flexibility index (Phi) is 56.9. The highest BCUT2D eigenvalue weighted by Gasteiger charge is 2.44. The second-order valence-electron chi connectivity index (χ2n) is 25.3. The van der Waals surface area contributed by atoms with Crippen molar-refractivity contribution in [2.45, 2.75) is 416 Å². The Morgan fingerprint density at radius 1 is 0.420 bits per heavy atom. The van der Waals surface area contributed by atoms with Gasteiger partial charge >= 0.3 is 0 Å². The molecule has 0 spiro atoms. The first-order valence-corrected chi connectivity index (χ1v) is 35.6. The second-order valence-corrected chi connectivity index (χ2v) is 25.3. The normalized spacial score (nSPS) is 19.1. The van der Waals surface area contributed by atoms with Gasteiger partial charge in [0.05, 0.1) is 25.4 Å². The van der Waals surface area contributed by atoms with Crippen LogP contribution in [0.2, 0.25) is 0 Å². The number of unbranched alkanes of at least 4 members (excludes halogenated alkanes) is 49. The highest BCUT2D eigenvalue weighted by atomic mass is 16.7. The molecule has 0 aromatic heterocycles. The largest absolute Gasteiger partial charge is 0.394 e. The summed E-state index contributed by atoms with van der Waals surface area (Å²) in [5.41, 5.74) is 0. The van der Waals surface area contributed by atoms with Crippen LogP contribution in [0.15, 0.2) is 12.2 Å². The fourth-order valence-electron chi connectivity index (χ4n) is 11.9. The van der Waals surface area contributed by atoms with Crippen LogP contribution in [-0.2, 0) is 14.3 Å². The molecule has 1 aliphatic rings. The van der Waals surface area contributed by atoms with E-state index in [0.29, 0.717) is 12.8 Å². The third-order valence-electron chi connectivity index (χ3n) is 17.6. The molecule has 11 nitrogen and oxygen atoms in total. The van der Waals surface area contributed by atoms with Crippen molar-refractivity contribution in [3.63, 3.8) is 0 Å². The van der Waals surface area contributed by atoms with Crippen LogP contribution in [0.5, 0.6) is 0 Å². The van der Waals surface area contributed by atoms with Gasteiger partial charge in [-0.15, -0.1) is 0 Å². The lowest BCUT2D eigenvalue weighted by atomic mass is 9.98. The molecule has 9 unspecified atom stereocenters. The smallest absolute Gasteiger partial charge is 0.249 e. The van der Waals surface area contributed by atoms with E-state index in [0.717, 1.165) is 38.5 Å². The van der Waals surface area contributed by atoms with E-state index in [9.17, 15) is 40.5 Å². The summed E-state index contributed by atoms with van der Waals surface area (Å²) in [6.45, 7) is 3.51. The minimum Gasteiger partial charge on any atom is -0.394 e. The van der Waals surface area contributed by atoms with Crippen molar-refractivity contribution in [3.8, 4) is 0 Å². The molecule has 1 fully saturated rings. The van der Waals surface area contributed by atoms with Crippen molar-refractivity contribution in [1.82, 2.24) is 5.32 Å². The molecule has 0 aromatic carbocycles. The minimum atomic E-state index is -1.67. The van der Waals surface area contributed by atoms with Gasteiger partial charge in [0.2, 0.25) is 5.91 Å². The summed E-state index contributed by atoms with van der Waals surface area (Å²) in [4.78, 5) is 13.2. The van der Waals surface area contributed by atoms with Crippen LogP contribution in [-0.4, -0.2) is 110 Å². The molecule has 0 aromatic rings. The molecular formula is C70H137NO10. The second kappa shape index (κ2) is 59.2. The zero-order chi connectivity index (χ0) is 58.9. The van der Waals surface area contributed by atoms with E-state index in [-0.39, 0.29) is 12.8 Å². The Morgan fingerprint density at radius 2 is 0.728 bits per heavy atom. The van der Waals surface area contributed by atoms with Crippen LogP contribution >= 0.6 is 0 Å². The summed E-state index contributed by atoms with van der Waals surface area (Å²) in [7, 11) is 0. The fourth-order valence-corrected chi connectivity index (χ4v) is 11.9. The summed E-state index contributed by atoms with van der Waals surface area (Å²) < 4.78 is 11.2. The molecule has 81 heavy (non-hydrogen) atoms. The highest BCUT2D eigenvalue weighted by Crippen LogP contribution is 2.24. The monoisotopic (exact) mass is 1150 g/mol. The van der Waals surface area contributed by atoms with E-state index >= 15 is 0 Å². The van der Waals surface area contributed by atoms with Crippen molar-refractivity contribution < 1.29 is 50.0 Å². The topological polar surface area (TPSA) is 189 Å². The summed E-state index contributed by atoms with van der Waals surface area (Å²) >= 11 is 0. The summed E-state index contributed by atoms with van der Waals surface area (Å²) in [5.74, 6) is -0.697. The van der Waals surface area contributed by atoms with Gasteiger partial charge in [-0.1, -0.05) is 334 Å². The number of hydrogen-bond donors (Lipinski definition) is 8. The van der Waals surface area contributed by atoms with Crippen LogP contribution in [0.1, 0.15) is 361 Å². The Bertz CT molecular complexity index is 1320. The molecule has 0 aliphatic carbocycles. The standard InChI is InChI=1S/C70H137NO10/c1-3-5-7-9-11-13-15-17-19-21-23-25-27-29-31-33-35-37-39-41-43-45-47-49-51-53-55-57-62(73)65(75)61(60-80-70-68(78)67(77)66(76)64(59-72)81-70)71-69(79)63(74)58-56-54-52-50-48-46-44-42-40-38-36-34-32-30-28-26-24-22-20-18-16-14-12-10-8-6-4-2/h49,51,61-68,70,72-78H,3-48,50,52-60H2,1-2H3,(H,71,79)/b51-49+. The van der Waals surface area contributed by atoms with Gasteiger partial charge in [-0.25, -0.2) is 0 Å². The van der Waals surface area contributed by atoms with Crippen molar-refractivity contribution in [3.05, 3.63) is 12.2 Å². The third-order valence-corrected chi connectivity index (χ3v) is 17.6. The first-order chi connectivity index (χ1) is 39.7. The zero-order valence-electron chi connectivity index (χ0n) is 53.3. The van der Waals surface area contributed by atoms with Gasteiger partial charge in [-0.2, -0.15) is 0 Å². The van der Waals surface area contributed by atoms with E-state index in [1.165, 1.54) is 283 Å². The number of carbonyl (C=O) groups is 1. The predicted molar refractivity (Wildman–Crippen MR) is 339 cm³/mol. The maximum Gasteiger partial charge on any atom is 0.249 e. The van der Waals surface area contributed by atoms with Crippen LogP contribution in [0.25, 0.3) is 0 Å². The number of amides is 1. The molecule has 9 atom stereocenters. The van der Waals surface area contributed by atoms with E-state index in [4.69, 9.17) is 9.47 Å². The van der Waals surface area contributed by atoms with Crippen molar-refractivity contribution in [1.29, 1.82) is 0 Å². The van der Waals surface area contributed by atoms with Gasteiger partial charge in [0.15, 0.2) is 6.29 Å². The molecule has 0 bridgehead atoms. The maximum atomic E-state index is 13.2. The van der Waals surface area contributed by atoms with Crippen LogP contribution < -0.4 is 5.32 Å². The third kappa shape index (κ3) is 46.7. The number of nitrogens with one attached hydrogen (secondary N) is 1. The molecule has 0 radical (unpaired) electrons. The Morgan fingerprint density at radius 3 is 1.06 bits per heavy atom. The molecule has 1 amide bonds. The van der Waals surface area contributed by atoms with Crippen molar-refractivity contribution in [2.75, 3.05) is 13.2 Å². The molecule has 1 aliphatic heterocycles. The molecule has 1 heterocycles. The summed E-state index contributed by atoms with van der Waals surface area (Å²) in [6, 6.07) is -1.18. The van der Waals surface area contributed by atoms with E-state index < -0.39 is 74.2 Å². The van der Waals surface area contributed by atoms with Crippen LogP contribution in [0.3, 0.4) is 0 Å². The van der Waals surface area contributed by atoms with Gasteiger partial charge in [0.25, 0.3) is 0 Å². The SMILES string of the molecule is CCCCCCCCCCCCCCCCCCCCCCCC/C=C/CCCC(O)C(O)C(COC1OC(CO)C(O)C(O)C1O)NC(=O)C(O)CCCCCCCCCCCCCCCCCCCCCCCCCCCCC. The molecule has 482 valence electrons.